The first kappa shape index (κ1) is 11.6. The molecular weight excluding hydrogens is 191 g/mol. The number of hydrogen-bond donors (Lipinski definition) is 0. The Labute approximate surface area is 111 Å². The van der Waals surface area contributed by atoms with Crippen molar-refractivity contribution in [1.29, 1.82) is 0 Å². The van der Waals surface area contributed by atoms with E-state index in [1.165, 1.54) is 11.3 Å². The van der Waals surface area contributed by atoms with Gasteiger partial charge in [0.15, 0.2) is 5.06 Å². The Balaban J connectivity index is 0.000001000. The molecule has 0 aliphatic carbocycles. The number of carbonyl (C=O) groups is 1. The number of thiophene rings is 1. The Morgan fingerprint density at radius 2 is 2.45 bits per heavy atom. The molecule has 0 bridgehead atoms. The molecule has 0 spiro atoms. The maximum atomic E-state index is 9.86. The molecule has 0 aliphatic heterocycles. The molecular formula is C6H5KO3S. The van der Waals surface area contributed by atoms with Crippen molar-refractivity contribution in [2.75, 3.05) is 6.61 Å². The van der Waals surface area contributed by atoms with Crippen molar-refractivity contribution in [3.63, 3.8) is 0 Å². The minimum atomic E-state index is -1.20. The predicted molar refractivity (Wildman–Crippen MR) is 34.8 cm³/mol. The van der Waals surface area contributed by atoms with Gasteiger partial charge in [-0.3, -0.25) is 0 Å². The summed E-state index contributed by atoms with van der Waals surface area (Å²) >= 11 is 1.35. The third kappa shape index (κ3) is 4.94. The van der Waals surface area contributed by atoms with Crippen LogP contribution >= 0.6 is 11.3 Å². The summed E-state index contributed by atoms with van der Waals surface area (Å²) in [5, 5.41) is 12.3. The summed E-state index contributed by atoms with van der Waals surface area (Å²) in [5.74, 6) is -1.20. The van der Waals surface area contributed by atoms with Crippen LogP contribution in [0.3, 0.4) is 0 Å². The van der Waals surface area contributed by atoms with Crippen LogP contribution in [0.2, 0.25) is 0 Å². The van der Waals surface area contributed by atoms with Gasteiger partial charge in [0, 0.05) is 0 Å². The number of carboxylic acid groups (broad SMARTS) is 1. The van der Waals surface area contributed by atoms with Crippen LogP contribution in [0.1, 0.15) is 0 Å². The maximum Gasteiger partial charge on any atom is 1.00 e. The minimum Gasteiger partial charge on any atom is -0.546 e. The zero-order valence-corrected chi connectivity index (χ0v) is 10.0. The maximum absolute atomic E-state index is 9.86. The molecule has 0 fully saturated rings. The van der Waals surface area contributed by atoms with Gasteiger partial charge in [-0.05, 0) is 17.5 Å². The molecule has 0 aromatic carbocycles. The molecule has 0 saturated carbocycles. The van der Waals surface area contributed by atoms with E-state index >= 15 is 0 Å². The summed E-state index contributed by atoms with van der Waals surface area (Å²) in [7, 11) is 0. The van der Waals surface area contributed by atoms with Crippen LogP contribution in [0.5, 0.6) is 5.06 Å². The SMILES string of the molecule is O=C([O-])COc1cccs1.[K+]. The molecule has 1 heterocycles. The predicted octanol–water partition coefficient (Wildman–Crippen LogP) is -3.12. The van der Waals surface area contributed by atoms with Gasteiger partial charge in [-0.25, -0.2) is 0 Å². The normalized spacial score (nSPS) is 8.36. The van der Waals surface area contributed by atoms with Crippen molar-refractivity contribution in [1.82, 2.24) is 0 Å². The van der Waals surface area contributed by atoms with Crippen LogP contribution in [-0.2, 0) is 4.79 Å². The first-order chi connectivity index (χ1) is 4.79. The van der Waals surface area contributed by atoms with E-state index in [9.17, 15) is 9.90 Å². The molecule has 0 N–H and O–H groups in total. The third-order valence-electron chi connectivity index (χ3n) is 0.827. The zero-order chi connectivity index (χ0) is 7.40. The number of aliphatic carboxylic acids is 1. The molecule has 5 heteroatoms. The minimum absolute atomic E-state index is 0. The summed E-state index contributed by atoms with van der Waals surface area (Å²) < 4.78 is 4.76. The summed E-state index contributed by atoms with van der Waals surface area (Å²) in [5.41, 5.74) is 0. The molecule has 3 nitrogen and oxygen atoms in total. The van der Waals surface area contributed by atoms with Crippen molar-refractivity contribution < 1.29 is 66.0 Å². The molecule has 0 aliphatic rings. The molecule has 11 heavy (non-hydrogen) atoms. The fraction of sp³-hybridized carbons (Fsp3) is 0.167. The van der Waals surface area contributed by atoms with Crippen LogP contribution in [0.15, 0.2) is 17.5 Å². The number of hydrogen-bond acceptors (Lipinski definition) is 4. The van der Waals surface area contributed by atoms with Crippen molar-refractivity contribution in [2.45, 2.75) is 0 Å². The van der Waals surface area contributed by atoms with E-state index in [2.05, 4.69) is 0 Å². The first-order valence-corrected chi connectivity index (χ1v) is 3.53. The Morgan fingerprint density at radius 3 is 2.91 bits per heavy atom. The van der Waals surface area contributed by atoms with Gasteiger partial charge in [0.1, 0.15) is 6.61 Å². The van der Waals surface area contributed by atoms with Gasteiger partial charge in [0.05, 0.1) is 5.97 Å². The largest absolute Gasteiger partial charge is 1.00 e. The summed E-state index contributed by atoms with van der Waals surface area (Å²) in [4.78, 5) is 9.86. The number of rotatable bonds is 3. The van der Waals surface area contributed by atoms with E-state index in [-0.39, 0.29) is 58.0 Å². The van der Waals surface area contributed by atoms with Gasteiger partial charge in [-0.1, -0.05) is 0 Å². The molecule has 1 rings (SSSR count). The monoisotopic (exact) mass is 196 g/mol. The fourth-order valence-corrected chi connectivity index (χ4v) is 1.05. The topological polar surface area (TPSA) is 49.4 Å². The van der Waals surface area contributed by atoms with Crippen LogP contribution in [-0.4, -0.2) is 12.6 Å². The van der Waals surface area contributed by atoms with Gasteiger partial charge in [0.2, 0.25) is 0 Å². The van der Waals surface area contributed by atoms with E-state index in [4.69, 9.17) is 4.74 Å². The van der Waals surface area contributed by atoms with E-state index in [0.717, 1.165) is 0 Å². The average molecular weight is 196 g/mol. The number of carboxylic acids is 1. The van der Waals surface area contributed by atoms with Crippen molar-refractivity contribution in [3.8, 4) is 5.06 Å². The summed E-state index contributed by atoms with van der Waals surface area (Å²) in [6, 6.07) is 3.49. The standard InChI is InChI=1S/C6H6O3S.K/c7-5(8)4-9-6-2-1-3-10-6;/h1-3H,4H2,(H,7,8);/q;+1/p-1. The van der Waals surface area contributed by atoms with E-state index < -0.39 is 5.97 Å². The summed E-state index contributed by atoms with van der Waals surface area (Å²) in [6.45, 7) is -0.374. The van der Waals surface area contributed by atoms with Crippen molar-refractivity contribution >= 4 is 17.3 Å². The zero-order valence-electron chi connectivity index (χ0n) is 6.07. The van der Waals surface area contributed by atoms with Crippen LogP contribution in [0.25, 0.3) is 0 Å². The second-order valence-corrected chi connectivity index (χ2v) is 2.50. The number of carbonyl (C=O) groups excluding carboxylic acids is 1. The van der Waals surface area contributed by atoms with Crippen LogP contribution < -0.4 is 61.2 Å². The first-order valence-electron chi connectivity index (χ1n) is 2.65. The Morgan fingerprint density at radius 1 is 1.73 bits per heavy atom. The van der Waals surface area contributed by atoms with E-state index in [1.807, 2.05) is 5.38 Å². The van der Waals surface area contributed by atoms with E-state index in [0.29, 0.717) is 5.06 Å². The van der Waals surface area contributed by atoms with Gasteiger partial charge in [-0.2, -0.15) is 0 Å². The van der Waals surface area contributed by atoms with E-state index in [1.54, 1.807) is 12.1 Å². The second-order valence-electron chi connectivity index (χ2n) is 1.59. The molecule has 0 radical (unpaired) electrons. The molecule has 0 amide bonds. The van der Waals surface area contributed by atoms with Gasteiger partial charge < -0.3 is 14.6 Å². The summed E-state index contributed by atoms with van der Waals surface area (Å²) in [6.07, 6.45) is 0. The number of ether oxygens (including phenoxy) is 1. The van der Waals surface area contributed by atoms with Crippen molar-refractivity contribution in [2.24, 2.45) is 0 Å². The smallest absolute Gasteiger partial charge is 0.546 e. The van der Waals surface area contributed by atoms with Crippen LogP contribution in [0.4, 0.5) is 0 Å². The third-order valence-corrected chi connectivity index (χ3v) is 1.61. The molecule has 1 aromatic heterocycles. The van der Waals surface area contributed by atoms with Crippen molar-refractivity contribution in [3.05, 3.63) is 17.5 Å². The molecule has 0 atom stereocenters. The molecule has 1 aromatic rings. The Hall–Kier alpha value is 0.606. The molecule has 0 saturated heterocycles. The van der Waals surface area contributed by atoms with Gasteiger partial charge in [-0.15, -0.1) is 11.3 Å². The van der Waals surface area contributed by atoms with Crippen LogP contribution in [0, 0.1) is 0 Å². The average Bonchev–Trinajstić information content (AvgIpc) is 2.34. The fourth-order valence-electron chi connectivity index (χ4n) is 0.476. The van der Waals surface area contributed by atoms with Gasteiger partial charge in [0.25, 0.3) is 0 Å². The molecule has 54 valence electrons. The Bertz CT molecular complexity index is 210. The molecule has 0 unspecified atom stereocenters. The quantitative estimate of drug-likeness (QED) is 0.481. The van der Waals surface area contributed by atoms with Gasteiger partial charge >= 0.3 is 51.4 Å². The Kier molecular flexibility index (Phi) is 6.50. The second kappa shape index (κ2) is 6.16.